The number of hydrogen-bond acceptors (Lipinski definition) is 23. The van der Waals surface area contributed by atoms with E-state index < -0.39 is 65.3 Å². The van der Waals surface area contributed by atoms with E-state index in [0.29, 0.717) is 30.1 Å². The second kappa shape index (κ2) is 60.7. The lowest BCUT2D eigenvalue weighted by Gasteiger charge is -1.91. The summed E-state index contributed by atoms with van der Waals surface area (Å²) in [6.45, 7) is 0. The standard InChI is InChI=1S/C6H6O4.C6H6O2.C6H4O2.C6H6O2.C6H4O2.C6H6O.2C4H4O4.C2H2O4.C2H2O3.C2H2O2.CO2.H2O/c7-5(8)3-1-2-4-6(9)10;2*7-5-1-2-6(8)4-3-5;2*7-5-3-1-2-4-6(5)8;7-6-4-2-1-3-5-6;2*5-3(6)1-2-4(7)8;3-1(4)2(5)6;3-1-2(4)5;3-1-2-4;2-1-3;/h1-4H,(H,7,8)(H,9,10);1-4,7-8H;1-4H;1-4,7-8H;1-4H;1-5,7H;2*1-2H,(H,5,6)(H,7,8);(H,3,4)(H,5,6);1H,(H,4,5);1-2H;;1H2/b3-1-,4-2-;;;;;;2*2-1-;;;;;. The lowest BCUT2D eigenvalue weighted by molar-refractivity contribution is -0.192. The van der Waals surface area contributed by atoms with Gasteiger partial charge in [-0.15, -0.1) is 0 Å². The van der Waals surface area contributed by atoms with Crippen LogP contribution >= 0.6 is 0 Å². The molecule has 84 heavy (non-hydrogen) atoms. The first-order valence-corrected chi connectivity index (χ1v) is 20.4. The van der Waals surface area contributed by atoms with E-state index in [4.69, 9.17) is 110 Å². The number of aldehydes is 3. The topological polar surface area (TPSA) is 622 Å². The summed E-state index contributed by atoms with van der Waals surface area (Å²) in [7, 11) is 0. The van der Waals surface area contributed by atoms with Crippen molar-refractivity contribution in [3.63, 3.8) is 0 Å². The lowest BCUT2D eigenvalue weighted by Crippen LogP contribution is -2.09. The minimum absolute atomic E-state index is 0. The highest BCUT2D eigenvalue weighted by Crippen LogP contribution is 2.21. The zero-order valence-corrected chi connectivity index (χ0v) is 42.1. The molecule has 0 heterocycles. The van der Waals surface area contributed by atoms with Gasteiger partial charge >= 0.3 is 59.9 Å². The molecule has 0 amide bonds. The number of carbonyl (C=O) groups is 16. The van der Waals surface area contributed by atoms with Crippen molar-refractivity contribution < 1.29 is 163 Å². The van der Waals surface area contributed by atoms with Crippen LogP contribution in [0.1, 0.15) is 0 Å². The molecule has 0 unspecified atom stereocenters. The van der Waals surface area contributed by atoms with E-state index in [0.717, 1.165) is 24.3 Å². The van der Waals surface area contributed by atoms with Crippen LogP contribution in [0.5, 0.6) is 28.7 Å². The van der Waals surface area contributed by atoms with Crippen molar-refractivity contribution in [2.24, 2.45) is 0 Å². The minimum atomic E-state index is -1.82. The first-order valence-electron chi connectivity index (χ1n) is 20.4. The van der Waals surface area contributed by atoms with Crippen LogP contribution < -0.4 is 0 Å². The molecule has 0 aromatic heterocycles. The Morgan fingerprint density at radius 2 is 0.571 bits per heavy atom. The third-order valence-corrected chi connectivity index (χ3v) is 5.83. The number of phenols is 5. The van der Waals surface area contributed by atoms with Gasteiger partial charge in [-0.2, -0.15) is 9.59 Å². The molecular weight excluding hydrogens is 1140 g/mol. The summed E-state index contributed by atoms with van der Waals surface area (Å²) in [5, 5.41) is 113. The smallest absolute Gasteiger partial charge is 0.414 e. The minimum Gasteiger partial charge on any atom is -0.508 e. The highest BCUT2D eigenvalue weighted by Gasteiger charge is 2.06. The van der Waals surface area contributed by atoms with Gasteiger partial charge in [-0.25, -0.2) is 43.2 Å². The Morgan fingerprint density at radius 3 is 0.726 bits per heavy atom. The van der Waals surface area contributed by atoms with Crippen LogP contribution in [0.3, 0.4) is 0 Å². The van der Waals surface area contributed by atoms with Gasteiger partial charge < -0.3 is 77.0 Å². The molecule has 5 rings (SSSR count). The van der Waals surface area contributed by atoms with Gasteiger partial charge in [0.05, 0.1) is 0 Å². The number of para-hydroxylation sites is 3. The fourth-order valence-corrected chi connectivity index (χ4v) is 2.80. The Bertz CT molecular complexity index is 2660. The predicted molar refractivity (Wildman–Crippen MR) is 276 cm³/mol. The highest BCUT2D eigenvalue weighted by atomic mass is 16.4. The summed E-state index contributed by atoms with van der Waals surface area (Å²) in [5.74, 6) is -12.9. The van der Waals surface area contributed by atoms with Gasteiger partial charge in [0.1, 0.15) is 17.2 Å². The van der Waals surface area contributed by atoms with E-state index in [1.807, 2.05) is 6.07 Å². The van der Waals surface area contributed by atoms with Crippen LogP contribution in [0, 0.1) is 0 Å². The zero-order chi connectivity index (χ0) is 65.7. The average Bonchev–Trinajstić information content (AvgIpc) is 3.43. The van der Waals surface area contributed by atoms with Gasteiger partial charge in [-0.3, -0.25) is 33.6 Å². The third-order valence-electron chi connectivity index (χ3n) is 5.83. The Hall–Kier alpha value is -13.2. The number of aromatic hydroxyl groups is 5. The molecule has 450 valence electrons. The van der Waals surface area contributed by atoms with Crippen molar-refractivity contribution in [1.29, 1.82) is 0 Å². The van der Waals surface area contributed by atoms with Crippen molar-refractivity contribution in [2.45, 2.75) is 0 Å². The summed E-state index contributed by atoms with van der Waals surface area (Å²) in [6.07, 6.45) is 17.3. The van der Waals surface area contributed by atoms with Crippen molar-refractivity contribution in [3.8, 4) is 28.7 Å². The molecular formula is C51H48O33. The number of carboxylic acid groups (broad SMARTS) is 9. The SMILES string of the molecule is O.O=C(O)/C=C\C(=O)O.O=C(O)/C=C\C(=O)O.O=C(O)/C=C\C=C/C(=O)O.O=C(O)C(=O)O.O=C1C=CC(=O)C=C1.O=C1C=CC=CC1=O.O=C=O.O=CC(=O)O.O=CC=O.Oc1ccc(O)cc1.Oc1ccccc1.Oc1ccccc1O. The van der Waals surface area contributed by atoms with Gasteiger partial charge in [-0.1, -0.05) is 54.6 Å². The number of rotatable bonds is 9. The van der Waals surface area contributed by atoms with E-state index in [9.17, 15) is 47.9 Å². The van der Waals surface area contributed by atoms with Crippen LogP contribution in [-0.2, 0) is 86.3 Å². The molecule has 0 fully saturated rings. The molecule has 0 aliphatic heterocycles. The van der Waals surface area contributed by atoms with E-state index in [2.05, 4.69) is 0 Å². The summed E-state index contributed by atoms with van der Waals surface area (Å²) < 4.78 is 0. The largest absolute Gasteiger partial charge is 0.508 e. The number of ketones is 4. The van der Waals surface area contributed by atoms with Crippen LogP contribution in [-0.4, -0.2) is 179 Å². The van der Waals surface area contributed by atoms with E-state index >= 15 is 0 Å². The Labute approximate surface area is 469 Å². The molecule has 0 radical (unpaired) electrons. The van der Waals surface area contributed by atoms with Crippen molar-refractivity contribution in [3.05, 3.63) is 176 Å². The fourth-order valence-electron chi connectivity index (χ4n) is 2.80. The van der Waals surface area contributed by atoms with Crippen molar-refractivity contribution in [1.82, 2.24) is 0 Å². The van der Waals surface area contributed by atoms with Crippen LogP contribution in [0.2, 0.25) is 0 Å². The summed E-state index contributed by atoms with van der Waals surface area (Å²) in [5.41, 5.74) is 0. The normalized spacial score (nSPS) is 10.1. The average molecular weight is 1190 g/mol. The number of hydrogen-bond donors (Lipinski definition) is 14. The number of allylic oxidation sites excluding steroid dienone is 10. The second-order valence-corrected chi connectivity index (χ2v) is 12.1. The van der Waals surface area contributed by atoms with E-state index in [1.54, 1.807) is 48.6 Å². The van der Waals surface area contributed by atoms with Gasteiger partial charge in [0.2, 0.25) is 17.9 Å². The quantitative estimate of drug-likeness (QED) is 0.0199. The Kier molecular flexibility index (Phi) is 63.2. The monoisotopic (exact) mass is 1190 g/mol. The molecule has 33 heteroatoms. The molecule has 0 saturated heterocycles. The summed E-state index contributed by atoms with van der Waals surface area (Å²) in [6, 6.07) is 20.6. The first kappa shape index (κ1) is 87.5. The second-order valence-electron chi connectivity index (χ2n) is 12.1. The summed E-state index contributed by atoms with van der Waals surface area (Å²) >= 11 is 0. The molecule has 16 N–H and O–H groups in total. The molecule has 0 bridgehead atoms. The Balaban J connectivity index is -0.000000126. The molecule has 0 saturated carbocycles. The highest BCUT2D eigenvalue weighted by molar-refractivity contribution is 6.46. The van der Waals surface area contributed by atoms with Gasteiger partial charge in [-0.05, 0) is 85.0 Å². The molecule has 0 atom stereocenters. The molecule has 33 nitrogen and oxygen atoms in total. The maximum absolute atomic E-state index is 10.3. The predicted octanol–water partition coefficient (Wildman–Crippen LogP) is 0.182. The number of aliphatic carboxylic acids is 9. The van der Waals surface area contributed by atoms with Crippen molar-refractivity contribution >= 4 is 102 Å². The van der Waals surface area contributed by atoms with Gasteiger partial charge in [0, 0.05) is 36.5 Å². The molecule has 0 spiro atoms. The molecule has 3 aromatic rings. The van der Waals surface area contributed by atoms with Crippen LogP contribution in [0.25, 0.3) is 0 Å². The fraction of sp³-hybridized carbons (Fsp3) is 0. The maximum atomic E-state index is 10.3. The maximum Gasteiger partial charge on any atom is 0.414 e. The lowest BCUT2D eigenvalue weighted by atomic mass is 10.1. The Morgan fingerprint density at radius 1 is 0.345 bits per heavy atom. The zero-order valence-electron chi connectivity index (χ0n) is 42.1. The third kappa shape index (κ3) is 85.6. The number of carbonyl (C=O) groups excluding carboxylic acids is 9. The summed E-state index contributed by atoms with van der Waals surface area (Å²) in [4.78, 5) is 169. The van der Waals surface area contributed by atoms with Crippen molar-refractivity contribution in [2.75, 3.05) is 0 Å². The number of phenolic OH excluding ortho intramolecular Hbond substituents is 5. The number of benzene rings is 3. The van der Waals surface area contributed by atoms with E-state index in [1.165, 1.54) is 72.9 Å². The van der Waals surface area contributed by atoms with Crippen LogP contribution in [0.15, 0.2) is 176 Å². The van der Waals surface area contributed by atoms with E-state index in [-0.39, 0.29) is 65.1 Å². The first-order chi connectivity index (χ1) is 38.7. The molecule has 2 aliphatic rings. The number of carboxylic acids is 9. The van der Waals surface area contributed by atoms with Crippen LogP contribution in [0.4, 0.5) is 0 Å². The van der Waals surface area contributed by atoms with Gasteiger partial charge in [0.15, 0.2) is 35.6 Å². The molecule has 3 aromatic carbocycles. The molecule has 2 aliphatic carbocycles. The van der Waals surface area contributed by atoms with Gasteiger partial charge in [0.25, 0.3) is 0 Å².